The molecule has 2 rings (SSSR count). The Hall–Kier alpha value is -1.29. The van der Waals surface area contributed by atoms with Gasteiger partial charge in [-0.2, -0.15) is 0 Å². The second-order valence-corrected chi connectivity index (χ2v) is 5.60. The van der Waals surface area contributed by atoms with Crippen LogP contribution in [-0.2, 0) is 0 Å². The van der Waals surface area contributed by atoms with Crippen molar-refractivity contribution in [3.05, 3.63) is 51.1 Å². The van der Waals surface area contributed by atoms with Gasteiger partial charge in [0.1, 0.15) is 0 Å². The standard InChI is InChI=1S/C13H15NO2S/c1-9-7-13(17-8-10(9)2)11-3-5-12(6-4-11)14(15)16/h3-6,13H,7-8H2,1-2H3. The topological polar surface area (TPSA) is 43.1 Å². The van der Waals surface area contributed by atoms with Gasteiger partial charge in [0.25, 0.3) is 5.69 Å². The zero-order chi connectivity index (χ0) is 12.4. The van der Waals surface area contributed by atoms with Gasteiger partial charge in [0.15, 0.2) is 0 Å². The summed E-state index contributed by atoms with van der Waals surface area (Å²) in [6.45, 7) is 4.35. The number of hydrogen-bond acceptors (Lipinski definition) is 3. The van der Waals surface area contributed by atoms with Crippen LogP contribution in [0.15, 0.2) is 35.4 Å². The van der Waals surface area contributed by atoms with Gasteiger partial charge in [0.2, 0.25) is 0 Å². The molecule has 90 valence electrons. The van der Waals surface area contributed by atoms with E-state index >= 15 is 0 Å². The number of hydrogen-bond donors (Lipinski definition) is 0. The van der Waals surface area contributed by atoms with Gasteiger partial charge in [-0.05, 0) is 25.8 Å². The molecule has 1 atom stereocenters. The van der Waals surface area contributed by atoms with Crippen molar-refractivity contribution in [3.8, 4) is 0 Å². The zero-order valence-corrected chi connectivity index (χ0v) is 10.8. The van der Waals surface area contributed by atoms with Crippen molar-refractivity contribution >= 4 is 17.4 Å². The first-order valence-corrected chi connectivity index (χ1v) is 6.64. The molecule has 1 aliphatic rings. The van der Waals surface area contributed by atoms with E-state index in [1.165, 1.54) is 16.7 Å². The molecule has 0 radical (unpaired) electrons. The lowest BCUT2D eigenvalue weighted by molar-refractivity contribution is -0.384. The first kappa shape index (κ1) is 12.2. The summed E-state index contributed by atoms with van der Waals surface area (Å²) >= 11 is 1.91. The summed E-state index contributed by atoms with van der Waals surface area (Å²) in [5.74, 6) is 1.06. The molecule has 17 heavy (non-hydrogen) atoms. The Balaban J connectivity index is 2.16. The molecular formula is C13H15NO2S. The van der Waals surface area contributed by atoms with Crippen LogP contribution in [0.4, 0.5) is 5.69 Å². The Morgan fingerprint density at radius 3 is 2.41 bits per heavy atom. The van der Waals surface area contributed by atoms with Crippen molar-refractivity contribution in [3.63, 3.8) is 0 Å². The minimum absolute atomic E-state index is 0.165. The molecule has 4 heteroatoms. The van der Waals surface area contributed by atoms with Crippen molar-refractivity contribution in [2.45, 2.75) is 25.5 Å². The molecule has 3 nitrogen and oxygen atoms in total. The van der Waals surface area contributed by atoms with E-state index < -0.39 is 0 Å². The fraction of sp³-hybridized carbons (Fsp3) is 0.385. The molecule has 1 aromatic carbocycles. The van der Waals surface area contributed by atoms with Crippen molar-refractivity contribution in [2.24, 2.45) is 0 Å². The van der Waals surface area contributed by atoms with Crippen LogP contribution >= 0.6 is 11.8 Å². The van der Waals surface area contributed by atoms with Crippen molar-refractivity contribution in [2.75, 3.05) is 5.75 Å². The molecule has 1 unspecified atom stereocenters. The third-order valence-corrected chi connectivity index (χ3v) is 4.64. The highest BCUT2D eigenvalue weighted by molar-refractivity contribution is 7.99. The minimum atomic E-state index is -0.354. The molecular weight excluding hydrogens is 234 g/mol. The molecule has 0 saturated heterocycles. The highest BCUT2D eigenvalue weighted by atomic mass is 32.2. The largest absolute Gasteiger partial charge is 0.269 e. The highest BCUT2D eigenvalue weighted by Gasteiger charge is 2.19. The van der Waals surface area contributed by atoms with E-state index in [9.17, 15) is 10.1 Å². The lowest BCUT2D eigenvalue weighted by Gasteiger charge is -2.24. The monoisotopic (exact) mass is 249 g/mol. The first-order chi connectivity index (χ1) is 8.08. The Morgan fingerprint density at radius 2 is 1.88 bits per heavy atom. The smallest absolute Gasteiger partial charge is 0.258 e. The number of nitro benzene ring substituents is 1. The minimum Gasteiger partial charge on any atom is -0.258 e. The Morgan fingerprint density at radius 1 is 1.24 bits per heavy atom. The molecule has 0 aromatic heterocycles. The summed E-state index contributed by atoms with van der Waals surface area (Å²) in [5.41, 5.74) is 4.27. The van der Waals surface area contributed by atoms with Gasteiger partial charge in [-0.15, -0.1) is 11.8 Å². The van der Waals surface area contributed by atoms with Gasteiger partial charge in [0.05, 0.1) is 4.92 Å². The fourth-order valence-electron chi connectivity index (χ4n) is 1.88. The lowest BCUT2D eigenvalue weighted by atomic mass is 10.0. The molecule has 0 spiro atoms. The molecule has 0 saturated carbocycles. The summed E-state index contributed by atoms with van der Waals surface area (Å²) in [6.07, 6.45) is 1.05. The van der Waals surface area contributed by atoms with E-state index in [0.717, 1.165) is 12.2 Å². The summed E-state index contributed by atoms with van der Waals surface area (Å²) in [6, 6.07) is 6.94. The molecule has 0 amide bonds. The quantitative estimate of drug-likeness (QED) is 0.450. The maximum absolute atomic E-state index is 10.6. The maximum atomic E-state index is 10.6. The van der Waals surface area contributed by atoms with Crippen LogP contribution in [0.25, 0.3) is 0 Å². The summed E-state index contributed by atoms with van der Waals surface area (Å²) in [7, 11) is 0. The second-order valence-electron chi connectivity index (χ2n) is 4.41. The SMILES string of the molecule is CC1=C(C)CC(c2ccc([N+](=O)[O-])cc2)SC1. The summed E-state index contributed by atoms with van der Waals surface area (Å²) in [4.78, 5) is 10.2. The number of benzene rings is 1. The van der Waals surface area contributed by atoms with E-state index in [0.29, 0.717) is 5.25 Å². The maximum Gasteiger partial charge on any atom is 0.269 e. The zero-order valence-electron chi connectivity index (χ0n) is 9.97. The summed E-state index contributed by atoms with van der Waals surface area (Å²) < 4.78 is 0. The van der Waals surface area contributed by atoms with E-state index in [-0.39, 0.29) is 10.6 Å². The molecule has 1 aromatic rings. The number of nitro groups is 1. The van der Waals surface area contributed by atoms with E-state index in [4.69, 9.17) is 0 Å². The van der Waals surface area contributed by atoms with Crippen LogP contribution < -0.4 is 0 Å². The van der Waals surface area contributed by atoms with Crippen LogP contribution in [0, 0.1) is 10.1 Å². The third kappa shape index (κ3) is 2.69. The van der Waals surface area contributed by atoms with Crippen molar-refractivity contribution < 1.29 is 4.92 Å². The average molecular weight is 249 g/mol. The average Bonchev–Trinajstić information content (AvgIpc) is 2.33. The van der Waals surface area contributed by atoms with E-state index in [1.54, 1.807) is 12.1 Å². The van der Waals surface area contributed by atoms with Gasteiger partial charge in [-0.3, -0.25) is 10.1 Å². The van der Waals surface area contributed by atoms with Crippen LogP contribution in [0.3, 0.4) is 0 Å². The fourth-order valence-corrected chi connectivity index (χ4v) is 3.30. The van der Waals surface area contributed by atoms with Gasteiger partial charge in [-0.1, -0.05) is 23.3 Å². The highest BCUT2D eigenvalue weighted by Crippen LogP contribution is 2.40. The number of allylic oxidation sites excluding steroid dienone is 1. The van der Waals surface area contributed by atoms with Gasteiger partial charge >= 0.3 is 0 Å². The van der Waals surface area contributed by atoms with Gasteiger partial charge < -0.3 is 0 Å². The predicted octanol–water partition coefficient (Wildman–Crippen LogP) is 4.11. The Kier molecular flexibility index (Phi) is 3.52. The van der Waals surface area contributed by atoms with Crippen molar-refractivity contribution in [1.29, 1.82) is 0 Å². The Bertz CT molecular complexity index is 465. The van der Waals surface area contributed by atoms with E-state index in [2.05, 4.69) is 13.8 Å². The number of rotatable bonds is 2. The molecule has 0 fully saturated rings. The van der Waals surface area contributed by atoms with Crippen LogP contribution in [-0.4, -0.2) is 10.7 Å². The lowest BCUT2D eigenvalue weighted by Crippen LogP contribution is -2.05. The number of nitrogens with zero attached hydrogens (tertiary/aromatic N) is 1. The second kappa shape index (κ2) is 4.92. The van der Waals surface area contributed by atoms with Crippen LogP contribution in [0.5, 0.6) is 0 Å². The van der Waals surface area contributed by atoms with Crippen LogP contribution in [0.2, 0.25) is 0 Å². The molecule has 0 bridgehead atoms. The number of thioether (sulfide) groups is 1. The Labute approximate surface area is 105 Å². The van der Waals surface area contributed by atoms with Gasteiger partial charge in [0, 0.05) is 23.1 Å². The van der Waals surface area contributed by atoms with Crippen molar-refractivity contribution in [1.82, 2.24) is 0 Å². The van der Waals surface area contributed by atoms with Crippen LogP contribution in [0.1, 0.15) is 31.1 Å². The molecule has 0 N–H and O–H groups in total. The predicted molar refractivity (Wildman–Crippen MR) is 71.3 cm³/mol. The summed E-state index contributed by atoms with van der Waals surface area (Å²) in [5, 5.41) is 11.0. The molecule has 0 aliphatic carbocycles. The molecule has 1 heterocycles. The first-order valence-electron chi connectivity index (χ1n) is 5.59. The third-order valence-electron chi connectivity index (χ3n) is 3.20. The normalized spacial score (nSPS) is 20.5. The van der Waals surface area contributed by atoms with Gasteiger partial charge in [-0.25, -0.2) is 0 Å². The van der Waals surface area contributed by atoms with E-state index in [1.807, 2.05) is 23.9 Å². The number of non-ortho nitro benzene ring substituents is 1. The molecule has 1 aliphatic heterocycles.